The zero-order valence-corrected chi connectivity index (χ0v) is 8.08. The van der Waals surface area contributed by atoms with E-state index in [9.17, 15) is 4.79 Å². The molecule has 1 heterocycles. The summed E-state index contributed by atoms with van der Waals surface area (Å²) in [6.07, 6.45) is 0. The van der Waals surface area contributed by atoms with Gasteiger partial charge in [0.1, 0.15) is 0 Å². The van der Waals surface area contributed by atoms with Crippen LogP contribution >= 0.6 is 0 Å². The fourth-order valence-electron chi connectivity index (χ4n) is 1.28. The number of carbonyl (C=O) groups is 1. The molecule has 0 radical (unpaired) electrons. The van der Waals surface area contributed by atoms with Gasteiger partial charge in [0.2, 0.25) is 5.82 Å². The third-order valence-corrected chi connectivity index (χ3v) is 1.99. The van der Waals surface area contributed by atoms with Gasteiger partial charge in [-0.25, -0.2) is 14.5 Å². The summed E-state index contributed by atoms with van der Waals surface area (Å²) in [5, 5.41) is 12.8. The fraction of sp³-hybridized carbons (Fsp3) is 0.100. The lowest BCUT2D eigenvalue weighted by molar-refractivity contribution is 0.0678. The van der Waals surface area contributed by atoms with Crippen LogP contribution in [0.25, 0.3) is 11.4 Å². The van der Waals surface area contributed by atoms with Crippen molar-refractivity contribution in [3.05, 3.63) is 36.2 Å². The first-order chi connectivity index (χ1) is 7.18. The quantitative estimate of drug-likeness (QED) is 0.795. The van der Waals surface area contributed by atoms with Crippen LogP contribution in [-0.2, 0) is 7.05 Å². The number of carboxylic acids is 1. The monoisotopic (exact) mass is 203 g/mol. The number of benzene rings is 1. The maximum Gasteiger partial charge on any atom is 0.373 e. The van der Waals surface area contributed by atoms with Crippen molar-refractivity contribution in [2.24, 2.45) is 7.05 Å². The summed E-state index contributed by atoms with van der Waals surface area (Å²) in [5.74, 6) is -0.712. The van der Waals surface area contributed by atoms with Crippen LogP contribution in [0.5, 0.6) is 0 Å². The smallest absolute Gasteiger partial charge is 0.373 e. The Bertz CT molecular complexity index is 491. The molecule has 1 N–H and O–H groups in total. The summed E-state index contributed by atoms with van der Waals surface area (Å²) in [5.41, 5.74) is 0.806. The number of aryl methyl sites for hydroxylation is 1. The van der Waals surface area contributed by atoms with Crippen LogP contribution < -0.4 is 0 Å². The van der Waals surface area contributed by atoms with Gasteiger partial charge in [0.05, 0.1) is 0 Å². The van der Waals surface area contributed by atoms with E-state index in [4.69, 9.17) is 5.11 Å². The van der Waals surface area contributed by atoms with E-state index in [-0.39, 0.29) is 5.82 Å². The molecule has 0 aliphatic carbocycles. The number of aromatic nitrogens is 3. The number of nitrogens with zero attached hydrogens (tertiary/aromatic N) is 3. The highest BCUT2D eigenvalue weighted by atomic mass is 16.4. The number of aromatic carboxylic acids is 1. The molecule has 0 saturated heterocycles. The average molecular weight is 203 g/mol. The van der Waals surface area contributed by atoms with E-state index < -0.39 is 5.97 Å². The van der Waals surface area contributed by atoms with E-state index in [2.05, 4.69) is 10.1 Å². The van der Waals surface area contributed by atoms with Gasteiger partial charge >= 0.3 is 5.97 Å². The number of carboxylic acid groups (broad SMARTS) is 1. The minimum atomic E-state index is -1.08. The van der Waals surface area contributed by atoms with Crippen LogP contribution in [0.4, 0.5) is 0 Å². The Labute approximate surface area is 86.0 Å². The third kappa shape index (κ3) is 1.71. The molecule has 0 fully saturated rings. The van der Waals surface area contributed by atoms with Crippen molar-refractivity contribution in [2.45, 2.75) is 0 Å². The molecular formula is C10H9N3O2. The number of hydrogen-bond acceptors (Lipinski definition) is 3. The van der Waals surface area contributed by atoms with Gasteiger partial charge in [0, 0.05) is 12.6 Å². The van der Waals surface area contributed by atoms with E-state index in [1.807, 2.05) is 30.3 Å². The van der Waals surface area contributed by atoms with Gasteiger partial charge in [-0.1, -0.05) is 30.3 Å². The lowest BCUT2D eigenvalue weighted by Crippen LogP contribution is -2.06. The summed E-state index contributed by atoms with van der Waals surface area (Å²) < 4.78 is 1.25. The molecule has 0 atom stereocenters. The highest BCUT2D eigenvalue weighted by Crippen LogP contribution is 2.14. The summed E-state index contributed by atoms with van der Waals surface area (Å²) in [6, 6.07) is 9.25. The van der Waals surface area contributed by atoms with Crippen LogP contribution in [0.3, 0.4) is 0 Å². The molecule has 15 heavy (non-hydrogen) atoms. The predicted octanol–water partition coefficient (Wildman–Crippen LogP) is 1.18. The minimum absolute atomic E-state index is 0.0612. The highest BCUT2D eigenvalue weighted by Gasteiger charge is 2.14. The molecule has 5 nitrogen and oxygen atoms in total. The molecule has 1 aromatic carbocycles. The van der Waals surface area contributed by atoms with Gasteiger partial charge in [0.15, 0.2) is 5.82 Å². The lowest BCUT2D eigenvalue weighted by Gasteiger charge is -1.91. The second-order valence-electron chi connectivity index (χ2n) is 3.05. The molecule has 5 heteroatoms. The van der Waals surface area contributed by atoms with E-state index in [0.29, 0.717) is 5.82 Å². The maximum absolute atomic E-state index is 10.7. The Morgan fingerprint density at radius 2 is 2.00 bits per heavy atom. The average Bonchev–Trinajstić information content (AvgIpc) is 2.62. The fourth-order valence-corrected chi connectivity index (χ4v) is 1.28. The van der Waals surface area contributed by atoms with Crippen molar-refractivity contribution in [1.29, 1.82) is 0 Å². The molecule has 0 aliphatic heterocycles. The summed E-state index contributed by atoms with van der Waals surface area (Å²) in [6.45, 7) is 0. The Balaban J connectivity index is 2.48. The lowest BCUT2D eigenvalue weighted by atomic mass is 10.2. The van der Waals surface area contributed by atoms with Crippen LogP contribution in [-0.4, -0.2) is 25.8 Å². The second-order valence-corrected chi connectivity index (χ2v) is 3.05. The molecular weight excluding hydrogens is 194 g/mol. The minimum Gasteiger partial charge on any atom is -0.475 e. The topological polar surface area (TPSA) is 68.0 Å². The molecule has 0 spiro atoms. The Morgan fingerprint density at radius 3 is 2.53 bits per heavy atom. The number of rotatable bonds is 2. The summed E-state index contributed by atoms with van der Waals surface area (Å²) >= 11 is 0. The molecule has 0 unspecified atom stereocenters. The SMILES string of the molecule is Cn1nc(-c2ccccc2)nc1C(=O)O. The molecule has 0 amide bonds. The normalized spacial score (nSPS) is 10.2. The zero-order chi connectivity index (χ0) is 10.8. The molecule has 2 rings (SSSR count). The maximum atomic E-state index is 10.7. The standard InChI is InChI=1S/C10H9N3O2/c1-13-9(10(14)15)11-8(12-13)7-5-3-2-4-6-7/h2-6H,1H3,(H,14,15). The van der Waals surface area contributed by atoms with Crippen LogP contribution in [0.15, 0.2) is 30.3 Å². The van der Waals surface area contributed by atoms with Gasteiger partial charge in [0.25, 0.3) is 0 Å². The summed E-state index contributed by atoms with van der Waals surface area (Å²) in [7, 11) is 1.56. The van der Waals surface area contributed by atoms with E-state index in [0.717, 1.165) is 5.56 Å². The second kappa shape index (κ2) is 3.53. The van der Waals surface area contributed by atoms with Crippen molar-refractivity contribution < 1.29 is 9.90 Å². The largest absolute Gasteiger partial charge is 0.475 e. The Kier molecular flexibility index (Phi) is 2.21. The van der Waals surface area contributed by atoms with Crippen molar-refractivity contribution in [3.63, 3.8) is 0 Å². The molecule has 2 aromatic rings. The first-order valence-corrected chi connectivity index (χ1v) is 4.38. The molecule has 0 saturated carbocycles. The predicted molar refractivity (Wildman–Crippen MR) is 53.4 cm³/mol. The van der Waals surface area contributed by atoms with Gasteiger partial charge in [-0.15, -0.1) is 0 Å². The Morgan fingerprint density at radius 1 is 1.33 bits per heavy atom. The molecule has 0 bridgehead atoms. The van der Waals surface area contributed by atoms with Crippen molar-refractivity contribution in [2.75, 3.05) is 0 Å². The molecule has 1 aromatic heterocycles. The van der Waals surface area contributed by atoms with E-state index in [1.54, 1.807) is 7.05 Å². The van der Waals surface area contributed by atoms with Gasteiger partial charge in [-0.05, 0) is 0 Å². The van der Waals surface area contributed by atoms with Crippen LogP contribution in [0, 0.1) is 0 Å². The summed E-state index contributed by atoms with van der Waals surface area (Å²) in [4.78, 5) is 14.7. The first kappa shape index (κ1) is 9.39. The third-order valence-electron chi connectivity index (χ3n) is 1.99. The van der Waals surface area contributed by atoms with Crippen molar-refractivity contribution >= 4 is 5.97 Å². The first-order valence-electron chi connectivity index (χ1n) is 4.38. The van der Waals surface area contributed by atoms with Gasteiger partial charge in [-0.3, -0.25) is 0 Å². The molecule has 0 aliphatic rings. The van der Waals surface area contributed by atoms with Crippen LogP contribution in [0.2, 0.25) is 0 Å². The van der Waals surface area contributed by atoms with Gasteiger partial charge < -0.3 is 5.11 Å². The van der Waals surface area contributed by atoms with Crippen LogP contribution in [0.1, 0.15) is 10.6 Å². The zero-order valence-electron chi connectivity index (χ0n) is 8.08. The highest BCUT2D eigenvalue weighted by molar-refractivity contribution is 5.84. The number of hydrogen-bond donors (Lipinski definition) is 1. The van der Waals surface area contributed by atoms with E-state index >= 15 is 0 Å². The van der Waals surface area contributed by atoms with Crippen molar-refractivity contribution in [1.82, 2.24) is 14.8 Å². The Hall–Kier alpha value is -2.17. The van der Waals surface area contributed by atoms with Crippen molar-refractivity contribution in [3.8, 4) is 11.4 Å². The van der Waals surface area contributed by atoms with Gasteiger partial charge in [-0.2, -0.15) is 5.10 Å². The van der Waals surface area contributed by atoms with E-state index in [1.165, 1.54) is 4.68 Å². The molecule has 76 valence electrons.